The van der Waals surface area contributed by atoms with E-state index in [1.807, 2.05) is 24.3 Å². The van der Waals surface area contributed by atoms with E-state index < -0.39 is 102 Å². The number of rotatable bonds is 0. The maximum absolute atomic E-state index is 11.2. The van der Waals surface area contributed by atoms with Crippen LogP contribution in [-0.2, 0) is 0 Å². The van der Waals surface area contributed by atoms with Gasteiger partial charge in [0.05, 0.1) is 48.8 Å². The molecule has 5 heterocycles. The minimum absolute atomic E-state index is 0. The summed E-state index contributed by atoms with van der Waals surface area (Å²) in [6.45, 7) is 0. The van der Waals surface area contributed by atoms with E-state index in [1.165, 1.54) is 0 Å². The van der Waals surface area contributed by atoms with Gasteiger partial charge in [0.15, 0.2) is 11.3 Å². The number of aliphatic imine (C=N–C) groups is 2. The molecule has 2 aromatic heterocycles. The van der Waals surface area contributed by atoms with Gasteiger partial charge < -0.3 is 66.1 Å². The van der Waals surface area contributed by atoms with Crippen LogP contribution in [0.25, 0.3) is 5.32 Å². The molecule has 55 heavy (non-hydrogen) atoms. The van der Waals surface area contributed by atoms with Crippen molar-refractivity contribution in [1.82, 2.24) is 9.97 Å². The Bertz CT molecular complexity index is 2530. The van der Waals surface area contributed by atoms with Crippen molar-refractivity contribution in [2.24, 2.45) is 43.6 Å². The minimum atomic E-state index is -1.11. The summed E-state index contributed by atoms with van der Waals surface area (Å²) in [6, 6.07) is 0. The number of amidine groups is 3. The predicted octanol–water partition coefficient (Wildman–Crippen LogP) is -4.28. The van der Waals surface area contributed by atoms with Gasteiger partial charge in [-0.05, 0) is 35.4 Å². The second-order valence-electron chi connectivity index (χ2n) is 16.7. The molecule has 0 amide bonds. The van der Waals surface area contributed by atoms with Gasteiger partial charge in [-0.1, -0.05) is 45.7 Å². The first-order valence-electron chi connectivity index (χ1n) is 18.7. The summed E-state index contributed by atoms with van der Waals surface area (Å²) in [6.07, 6.45) is -0.940. The van der Waals surface area contributed by atoms with Gasteiger partial charge in [-0.25, -0.2) is 4.99 Å². The van der Waals surface area contributed by atoms with Crippen molar-refractivity contribution in [2.45, 2.75) is 91.5 Å². The van der Waals surface area contributed by atoms with Crippen molar-refractivity contribution < 1.29 is 45.8 Å². The average Bonchev–Trinajstić information content (AvgIpc) is 4.03. The molecule has 15 rings (SSSR count). The summed E-state index contributed by atoms with van der Waals surface area (Å²) in [5, 5.41) is 94.2. The van der Waals surface area contributed by atoms with Crippen molar-refractivity contribution in [1.29, 1.82) is 0 Å². The Balaban J connectivity index is 0.00000335. The van der Waals surface area contributed by atoms with E-state index in [0.29, 0.717) is 80.3 Å². The van der Waals surface area contributed by atoms with Gasteiger partial charge in [-0.15, -0.1) is 0 Å². The van der Waals surface area contributed by atoms with Gasteiger partial charge in [0, 0.05) is 81.3 Å². The number of aliphatic hydroxyl groups is 8. The van der Waals surface area contributed by atoms with E-state index in [9.17, 15) is 40.9 Å². The fraction of sp³-hybridized carbons (Fsp3) is 0.500. The smallest absolute Gasteiger partial charge is 0.452 e. The monoisotopic (exact) mass is 754 g/mol. The second-order valence-corrected chi connectivity index (χ2v) is 16.7. The van der Waals surface area contributed by atoms with E-state index in [4.69, 9.17) is 35.3 Å². The van der Waals surface area contributed by atoms with Gasteiger partial charge >= 0.3 is 23.1 Å². The number of hydrogen-bond acceptors (Lipinski definition) is 12. The molecule has 2 saturated carbocycles. The molecule has 3 aliphatic heterocycles. The number of aromatic nitrogens is 2. The summed E-state index contributed by atoms with van der Waals surface area (Å²) >= 11 is 0. The Morgan fingerprint density at radius 2 is 1.07 bits per heavy atom. The largest absolute Gasteiger partial charge is 2.00 e. The predicted molar refractivity (Wildman–Crippen MR) is 189 cm³/mol. The van der Waals surface area contributed by atoms with Crippen LogP contribution in [0.2, 0.25) is 0 Å². The standard InChI is InChI=1S/C38H33N8O8.Mg/c47-23-7-1-3-9(25(23)49)17-15(7)31-39-32-16-8-2-4-10(26(50)24(8)48)18(16)34(41-32)43-36-20-12-6-14(30(54)28(12)52)22(20)38(45-36)46-37-21-13-5-11(27(51)29(13)53)19(21)35(44-37)42-33(17)40-31;/h1-4,7-14,23-30,37,47-54H,5-6H2;/q-3;+2/p+1. The van der Waals surface area contributed by atoms with E-state index in [-0.39, 0.29) is 34.7 Å². The normalized spacial score (nSPS) is 45.1. The van der Waals surface area contributed by atoms with Gasteiger partial charge in [-0.2, -0.15) is 0 Å². The van der Waals surface area contributed by atoms with Crippen LogP contribution in [0.4, 0.5) is 11.6 Å². The summed E-state index contributed by atoms with van der Waals surface area (Å²) in [7, 11) is 0. The number of aliphatic hydroxyl groups excluding tert-OH is 8. The zero-order valence-electron chi connectivity index (χ0n) is 29.0. The van der Waals surface area contributed by atoms with Crippen molar-refractivity contribution in [3.8, 4) is 0 Å². The Kier molecular flexibility index (Phi) is 6.61. The Morgan fingerprint density at radius 3 is 1.76 bits per heavy atom. The first-order valence-corrected chi connectivity index (χ1v) is 18.7. The molecule has 13 aliphatic rings. The molecule has 2 aromatic rings. The van der Waals surface area contributed by atoms with Crippen molar-refractivity contribution in [3.05, 3.63) is 85.1 Å². The van der Waals surface area contributed by atoms with Crippen molar-refractivity contribution in [3.63, 3.8) is 0 Å². The van der Waals surface area contributed by atoms with Crippen molar-refractivity contribution in [2.75, 3.05) is 0 Å². The fourth-order valence-corrected chi connectivity index (χ4v) is 12.0. The molecule has 0 radical (unpaired) electrons. The fourth-order valence-electron chi connectivity index (χ4n) is 12.0. The van der Waals surface area contributed by atoms with Gasteiger partial charge in [0.25, 0.3) is 11.7 Å². The van der Waals surface area contributed by atoms with Crippen LogP contribution in [0.1, 0.15) is 58.8 Å². The summed E-state index contributed by atoms with van der Waals surface area (Å²) < 4.78 is 0. The minimum Gasteiger partial charge on any atom is -0.452 e. The Hall–Kier alpha value is -3.62. The molecule has 0 aromatic carbocycles. The Morgan fingerprint density at radius 1 is 0.527 bits per heavy atom. The maximum atomic E-state index is 11.2. The molecular weight excluding hydrogens is 721 g/mol. The molecule has 10 aliphatic carbocycles. The van der Waals surface area contributed by atoms with Crippen LogP contribution < -0.4 is 25.9 Å². The number of hydrogen-bond donors (Lipinski definition) is 9. The zero-order valence-corrected chi connectivity index (χ0v) is 30.4. The number of nitrogens with one attached hydrogen (secondary N) is 1. The van der Waals surface area contributed by atoms with Crippen LogP contribution in [0.5, 0.6) is 0 Å². The zero-order chi connectivity index (χ0) is 36.4. The average molecular weight is 755 g/mol. The topological polar surface area (TPSA) is 268 Å². The molecule has 276 valence electrons. The molecule has 0 spiro atoms. The van der Waals surface area contributed by atoms with E-state index in [2.05, 4.69) is 4.99 Å². The van der Waals surface area contributed by atoms with Crippen LogP contribution in [0.3, 0.4) is 0 Å². The van der Waals surface area contributed by atoms with Crippen LogP contribution in [0, 0.1) is 23.7 Å². The molecular formula is C38H34MgN8O8. The molecule has 16 bridgehead atoms. The van der Waals surface area contributed by atoms with E-state index in [0.717, 1.165) is 5.57 Å². The number of fused-ring (bicyclic) bond motifs is 22. The third kappa shape index (κ3) is 3.88. The molecule has 17 atom stereocenters. The Labute approximate surface area is 327 Å². The van der Waals surface area contributed by atoms with Gasteiger partial charge in [0.1, 0.15) is 0 Å². The SMILES string of the molecule is OC1C2C=CC(C3=C2C2=Nc4[n-]c(c5c4C4C=CC5C(O)C4O)N=C4[N-]C(N=c5[n-]c(c6c5C5CC6C(O)C5O)=NC3=[NH+]2)C2=C4C3CC2C(O)C3O)C1O.[Mg+2]. The molecule has 17 heteroatoms. The summed E-state index contributed by atoms with van der Waals surface area (Å²) in [4.78, 5) is 33.6. The molecule has 9 N–H and O–H groups in total. The van der Waals surface area contributed by atoms with E-state index >= 15 is 0 Å². The van der Waals surface area contributed by atoms with E-state index in [1.54, 1.807) is 0 Å². The molecule has 16 nitrogen and oxygen atoms in total. The quantitative estimate of drug-likeness (QED) is 0.0923. The van der Waals surface area contributed by atoms with Gasteiger partial charge in [0.2, 0.25) is 0 Å². The summed E-state index contributed by atoms with van der Waals surface area (Å²) in [5.41, 5.74) is 5.99. The molecule has 0 saturated heterocycles. The third-order valence-electron chi connectivity index (χ3n) is 14.4. The van der Waals surface area contributed by atoms with Crippen molar-refractivity contribution >= 4 is 52.2 Å². The van der Waals surface area contributed by atoms with Gasteiger partial charge in [-0.3, -0.25) is 0 Å². The first-order chi connectivity index (χ1) is 26.1. The van der Waals surface area contributed by atoms with Crippen LogP contribution in [0.15, 0.2) is 66.6 Å². The van der Waals surface area contributed by atoms with Crippen LogP contribution >= 0.6 is 0 Å². The summed E-state index contributed by atoms with van der Waals surface area (Å²) in [5.74, 6) is -2.68. The molecule has 17 unspecified atom stereocenters. The third-order valence-corrected chi connectivity index (χ3v) is 14.4. The van der Waals surface area contributed by atoms with Crippen LogP contribution in [-0.4, -0.2) is 136 Å². The molecule has 2 fully saturated rings. The maximum Gasteiger partial charge on any atom is 2.00 e. The second kappa shape index (κ2) is 10.9. The number of nitrogens with zero attached hydrogens (tertiary/aromatic N) is 7. The first kappa shape index (κ1) is 33.5.